The molecular formula is C29H35F4N5O3. The van der Waals surface area contributed by atoms with Gasteiger partial charge in [0.05, 0.1) is 29.9 Å². The van der Waals surface area contributed by atoms with Crippen molar-refractivity contribution in [2.75, 3.05) is 57.6 Å². The van der Waals surface area contributed by atoms with Gasteiger partial charge in [-0.1, -0.05) is 0 Å². The summed E-state index contributed by atoms with van der Waals surface area (Å²) in [5.41, 5.74) is 2.66. The molecule has 2 heterocycles. The highest BCUT2D eigenvalue weighted by Gasteiger charge is 2.41. The molecule has 1 aromatic heterocycles. The van der Waals surface area contributed by atoms with E-state index >= 15 is 4.39 Å². The predicted molar refractivity (Wildman–Crippen MR) is 149 cm³/mol. The maximum Gasteiger partial charge on any atom is 0.249 e. The molecule has 0 saturated carbocycles. The molecule has 0 aliphatic carbocycles. The lowest BCUT2D eigenvalue weighted by Gasteiger charge is -2.40. The summed E-state index contributed by atoms with van der Waals surface area (Å²) >= 11 is 0. The number of methoxy groups -OCH3 is 1. The molecule has 2 aromatic carbocycles. The molecule has 1 amide bonds. The van der Waals surface area contributed by atoms with Crippen molar-refractivity contribution in [3.8, 4) is 5.75 Å². The van der Waals surface area contributed by atoms with Crippen LogP contribution in [0, 0.1) is 22.9 Å². The number of piperidine rings is 1. The Hall–Kier alpha value is -3.64. The van der Waals surface area contributed by atoms with Gasteiger partial charge in [-0.05, 0) is 57.0 Å². The van der Waals surface area contributed by atoms with Crippen LogP contribution in [-0.2, 0) is 4.79 Å². The number of carbonyl (C=O) groups is 1. The van der Waals surface area contributed by atoms with Crippen LogP contribution in [0.1, 0.15) is 37.4 Å². The molecule has 12 heteroatoms. The number of carbonyl (C=O) groups excluding carboxylic acids is 1. The van der Waals surface area contributed by atoms with Gasteiger partial charge in [0, 0.05) is 56.0 Å². The number of hydrogen-bond acceptors (Lipinski definition) is 7. The standard InChI is InChI=1S/C29H35F4N5O3/c1-37(2)25-17-35-24-5-4-19(41-3)16-20(24)26(25)21(30)6-7-29(28(39)36-40)8-11-38(12-9-29)13-10-34-18-14-22(31)27(33)23(32)15-18/h4-5,14-17,21,34,40H,6-13H2,1-3H3,(H,36,39)/t21-/m1/s1. The number of anilines is 2. The largest absolute Gasteiger partial charge is 0.497 e. The van der Waals surface area contributed by atoms with Crippen molar-refractivity contribution in [2.45, 2.75) is 31.9 Å². The molecule has 1 atom stereocenters. The number of rotatable bonds is 11. The molecule has 3 N–H and O–H groups in total. The van der Waals surface area contributed by atoms with E-state index in [0.29, 0.717) is 66.9 Å². The van der Waals surface area contributed by atoms with E-state index < -0.39 is 34.9 Å². The Morgan fingerprint density at radius 3 is 2.46 bits per heavy atom. The highest BCUT2D eigenvalue weighted by atomic mass is 19.2. The molecular weight excluding hydrogens is 542 g/mol. The van der Waals surface area contributed by atoms with E-state index in [1.54, 1.807) is 41.9 Å². The van der Waals surface area contributed by atoms with Gasteiger partial charge in [-0.3, -0.25) is 15.0 Å². The fraction of sp³-hybridized carbons (Fsp3) is 0.448. The molecule has 0 bridgehead atoms. The molecule has 0 radical (unpaired) electrons. The van der Waals surface area contributed by atoms with Crippen LogP contribution in [0.15, 0.2) is 36.5 Å². The second-order valence-electron chi connectivity index (χ2n) is 10.6. The number of alkyl halides is 1. The minimum atomic E-state index is -1.52. The Labute approximate surface area is 236 Å². The summed E-state index contributed by atoms with van der Waals surface area (Å²) < 4.78 is 61.6. The lowest BCUT2D eigenvalue weighted by molar-refractivity contribution is -0.143. The van der Waals surface area contributed by atoms with Crippen molar-refractivity contribution in [2.24, 2.45) is 5.41 Å². The van der Waals surface area contributed by atoms with Crippen LogP contribution in [0.3, 0.4) is 0 Å². The third kappa shape index (κ3) is 6.65. The third-order valence-corrected chi connectivity index (χ3v) is 7.90. The van der Waals surface area contributed by atoms with Crippen LogP contribution in [0.25, 0.3) is 10.9 Å². The maximum absolute atomic E-state index is 16.1. The summed E-state index contributed by atoms with van der Waals surface area (Å²) in [7, 11) is 5.17. The molecule has 1 saturated heterocycles. The van der Waals surface area contributed by atoms with E-state index in [9.17, 15) is 23.2 Å². The van der Waals surface area contributed by atoms with Gasteiger partial charge >= 0.3 is 0 Å². The lowest BCUT2D eigenvalue weighted by atomic mass is 9.73. The average Bonchev–Trinajstić information content (AvgIpc) is 2.97. The normalized spacial score (nSPS) is 15.9. The van der Waals surface area contributed by atoms with Gasteiger partial charge in [0.15, 0.2) is 17.5 Å². The molecule has 0 unspecified atom stereocenters. The second-order valence-corrected chi connectivity index (χ2v) is 10.6. The number of aromatic nitrogens is 1. The Morgan fingerprint density at radius 1 is 1.17 bits per heavy atom. The van der Waals surface area contributed by atoms with Gasteiger partial charge in [0.2, 0.25) is 5.91 Å². The van der Waals surface area contributed by atoms with Gasteiger partial charge < -0.3 is 19.9 Å². The van der Waals surface area contributed by atoms with Crippen molar-refractivity contribution in [3.63, 3.8) is 0 Å². The molecule has 1 aliphatic heterocycles. The topological polar surface area (TPSA) is 90.0 Å². The first kappa shape index (κ1) is 30.3. The maximum atomic E-state index is 16.1. The first-order valence-electron chi connectivity index (χ1n) is 13.4. The first-order valence-corrected chi connectivity index (χ1v) is 13.4. The van der Waals surface area contributed by atoms with Crippen LogP contribution in [0.5, 0.6) is 5.75 Å². The number of halogens is 4. The molecule has 0 spiro atoms. The van der Waals surface area contributed by atoms with Crippen molar-refractivity contribution in [1.29, 1.82) is 0 Å². The van der Waals surface area contributed by atoms with Crippen molar-refractivity contribution in [3.05, 3.63) is 59.5 Å². The smallest absolute Gasteiger partial charge is 0.249 e. The summed E-state index contributed by atoms with van der Waals surface area (Å²) in [5, 5.41) is 13.0. The first-order chi connectivity index (χ1) is 19.6. The zero-order chi connectivity index (χ0) is 29.7. The van der Waals surface area contributed by atoms with Crippen molar-refractivity contribution in [1.82, 2.24) is 15.4 Å². The minimum Gasteiger partial charge on any atom is -0.497 e. The fourth-order valence-corrected chi connectivity index (χ4v) is 5.47. The summed E-state index contributed by atoms with van der Waals surface area (Å²) in [6.45, 7) is 1.83. The number of nitrogens with zero attached hydrogens (tertiary/aromatic N) is 3. The number of amides is 1. The van der Waals surface area contributed by atoms with Gasteiger partial charge in [0.1, 0.15) is 11.9 Å². The highest BCUT2D eigenvalue weighted by Crippen LogP contribution is 2.43. The fourth-order valence-electron chi connectivity index (χ4n) is 5.47. The number of benzene rings is 2. The molecule has 1 fully saturated rings. The number of fused-ring (bicyclic) bond motifs is 1. The minimum absolute atomic E-state index is 0.0494. The second kappa shape index (κ2) is 12.9. The lowest BCUT2D eigenvalue weighted by Crippen LogP contribution is -2.49. The predicted octanol–water partition coefficient (Wildman–Crippen LogP) is 5.22. The van der Waals surface area contributed by atoms with Gasteiger partial charge in [-0.25, -0.2) is 23.0 Å². The summed E-state index contributed by atoms with van der Waals surface area (Å²) in [4.78, 5) is 21.2. The summed E-state index contributed by atoms with van der Waals surface area (Å²) in [6, 6.07) is 7.08. The van der Waals surface area contributed by atoms with E-state index in [0.717, 1.165) is 12.1 Å². The zero-order valence-corrected chi connectivity index (χ0v) is 23.3. The highest BCUT2D eigenvalue weighted by molar-refractivity contribution is 5.88. The Kier molecular flexibility index (Phi) is 9.54. The number of ether oxygens (including phenoxy) is 1. The Balaban J connectivity index is 1.43. The molecule has 41 heavy (non-hydrogen) atoms. The molecule has 3 aromatic rings. The summed E-state index contributed by atoms with van der Waals surface area (Å²) in [6.07, 6.45) is 1.25. The van der Waals surface area contributed by atoms with E-state index in [2.05, 4.69) is 15.2 Å². The van der Waals surface area contributed by atoms with Crippen LogP contribution in [0.2, 0.25) is 0 Å². The quantitative estimate of drug-likeness (QED) is 0.125. The van der Waals surface area contributed by atoms with Gasteiger partial charge in [-0.15, -0.1) is 0 Å². The molecule has 8 nitrogen and oxygen atoms in total. The van der Waals surface area contributed by atoms with Crippen molar-refractivity contribution >= 4 is 28.2 Å². The summed E-state index contributed by atoms with van der Waals surface area (Å²) in [5.74, 6) is -4.03. The Bertz CT molecular complexity index is 1360. The van der Waals surface area contributed by atoms with Gasteiger partial charge in [0.25, 0.3) is 0 Å². The molecule has 4 rings (SSSR count). The number of nitrogens with one attached hydrogen (secondary N) is 2. The zero-order valence-electron chi connectivity index (χ0n) is 23.3. The van der Waals surface area contributed by atoms with E-state index in [-0.39, 0.29) is 18.5 Å². The van der Waals surface area contributed by atoms with Crippen LogP contribution >= 0.6 is 0 Å². The Morgan fingerprint density at radius 2 is 1.85 bits per heavy atom. The SMILES string of the molecule is COc1ccc2ncc(N(C)C)c([C@H](F)CCC3(C(=O)NO)CCN(CCNc4cc(F)c(F)c(F)c4)CC3)c2c1. The number of hydrogen-bond donors (Lipinski definition) is 3. The number of pyridine rings is 1. The van der Waals surface area contributed by atoms with Crippen LogP contribution in [0.4, 0.5) is 28.9 Å². The van der Waals surface area contributed by atoms with Crippen molar-refractivity contribution < 1.29 is 32.3 Å². The number of hydroxylamine groups is 1. The van der Waals surface area contributed by atoms with E-state index in [1.807, 2.05) is 14.1 Å². The van der Waals surface area contributed by atoms with Crippen LogP contribution in [-0.4, -0.2) is 68.4 Å². The van der Waals surface area contributed by atoms with E-state index in [1.165, 1.54) is 0 Å². The van der Waals surface area contributed by atoms with E-state index in [4.69, 9.17) is 4.74 Å². The monoisotopic (exact) mass is 577 g/mol. The number of likely N-dealkylation sites (tertiary alicyclic amines) is 1. The van der Waals surface area contributed by atoms with Crippen LogP contribution < -0.4 is 20.4 Å². The molecule has 222 valence electrons. The molecule has 1 aliphatic rings. The third-order valence-electron chi connectivity index (χ3n) is 7.90. The van der Waals surface area contributed by atoms with Gasteiger partial charge in [-0.2, -0.15) is 0 Å². The average molecular weight is 578 g/mol.